The summed E-state index contributed by atoms with van der Waals surface area (Å²) in [5.74, 6) is 0. The fourth-order valence-electron chi connectivity index (χ4n) is 1.12. The molecule has 0 unspecified atom stereocenters. The van der Waals surface area contributed by atoms with Gasteiger partial charge in [0.2, 0.25) is 0 Å². The van der Waals surface area contributed by atoms with Gasteiger partial charge in [0.1, 0.15) is 15.7 Å². The highest BCUT2D eigenvalue weighted by atomic mass is 14.4. The van der Waals surface area contributed by atoms with Crippen molar-refractivity contribution in [2.45, 2.75) is 52.2 Å². The summed E-state index contributed by atoms with van der Waals surface area (Å²) in [7, 11) is 4.64. The minimum Gasteiger partial charge on any atom is -0.0667 e. The third kappa shape index (κ3) is 2.04. The SMILES string of the molecule is BC(C)(C)C(C)(C)C(B)(C)C. The van der Waals surface area contributed by atoms with Crippen molar-refractivity contribution >= 4 is 15.7 Å². The zero-order chi connectivity index (χ0) is 9.50. The average Bonchev–Trinajstić information content (AvgIpc) is 1.58. The predicted molar refractivity (Wildman–Crippen MR) is 59.0 cm³/mol. The first-order valence-corrected chi connectivity index (χ1v) is 4.50. The monoisotopic (exact) mass is 152 g/mol. The van der Waals surface area contributed by atoms with Crippen LogP contribution >= 0.6 is 0 Å². The van der Waals surface area contributed by atoms with Gasteiger partial charge in [0.25, 0.3) is 0 Å². The molecule has 0 aliphatic carbocycles. The first kappa shape index (κ1) is 11.1. The van der Waals surface area contributed by atoms with Crippen molar-refractivity contribution in [1.29, 1.82) is 0 Å². The van der Waals surface area contributed by atoms with E-state index in [1.165, 1.54) is 0 Å². The Kier molecular flexibility index (Phi) is 2.60. The average molecular weight is 152 g/mol. The molecule has 0 amide bonds. The van der Waals surface area contributed by atoms with Crippen LogP contribution in [0.1, 0.15) is 41.5 Å². The Morgan fingerprint density at radius 1 is 0.636 bits per heavy atom. The zero-order valence-corrected chi connectivity index (χ0v) is 9.50. The largest absolute Gasteiger partial charge is 0.109 e. The maximum Gasteiger partial charge on any atom is 0.109 e. The smallest absolute Gasteiger partial charge is 0.0667 e. The minimum atomic E-state index is 0.375. The topological polar surface area (TPSA) is 0 Å². The predicted octanol–water partition coefficient (Wildman–Crippen LogP) is 1.68. The fourth-order valence-corrected chi connectivity index (χ4v) is 1.12. The Morgan fingerprint density at radius 3 is 0.818 bits per heavy atom. The van der Waals surface area contributed by atoms with Gasteiger partial charge in [0, 0.05) is 0 Å². The molecule has 0 fully saturated rings. The standard InChI is InChI=1S/C9H22B2/c1-7(2,8(3,4)10)9(5,6)11/h10-11H2,1-6H3. The van der Waals surface area contributed by atoms with Gasteiger partial charge in [-0.15, -0.1) is 0 Å². The normalized spacial score (nSPS) is 15.1. The van der Waals surface area contributed by atoms with E-state index >= 15 is 0 Å². The molecular formula is C9H22B2. The third-order valence-corrected chi connectivity index (χ3v) is 3.75. The lowest BCUT2D eigenvalue weighted by Crippen LogP contribution is -2.36. The second-order valence-electron chi connectivity index (χ2n) is 6.12. The molecule has 0 aromatic rings. The molecule has 0 nitrogen and oxygen atoms in total. The van der Waals surface area contributed by atoms with Gasteiger partial charge in [-0.1, -0.05) is 52.2 Å². The van der Waals surface area contributed by atoms with Crippen LogP contribution in [0.2, 0.25) is 10.6 Å². The van der Waals surface area contributed by atoms with Crippen molar-refractivity contribution < 1.29 is 0 Å². The summed E-state index contributed by atoms with van der Waals surface area (Å²) >= 11 is 0. The number of hydrogen-bond donors (Lipinski definition) is 0. The quantitative estimate of drug-likeness (QED) is 0.528. The third-order valence-electron chi connectivity index (χ3n) is 3.75. The molecule has 11 heavy (non-hydrogen) atoms. The van der Waals surface area contributed by atoms with Gasteiger partial charge in [0.05, 0.1) is 0 Å². The molecule has 0 aromatic carbocycles. The Morgan fingerprint density at radius 2 is 0.818 bits per heavy atom. The van der Waals surface area contributed by atoms with Gasteiger partial charge < -0.3 is 0 Å². The van der Waals surface area contributed by atoms with E-state index in [9.17, 15) is 0 Å². The zero-order valence-electron chi connectivity index (χ0n) is 9.50. The molecule has 2 heteroatoms. The van der Waals surface area contributed by atoms with E-state index < -0.39 is 0 Å². The van der Waals surface area contributed by atoms with Gasteiger partial charge in [-0.05, 0) is 5.41 Å². The Labute approximate surface area is 74.0 Å². The van der Waals surface area contributed by atoms with Crippen molar-refractivity contribution in [3.8, 4) is 0 Å². The first-order valence-electron chi connectivity index (χ1n) is 4.50. The molecule has 0 saturated carbocycles. The maximum absolute atomic E-state index is 2.35. The highest BCUT2D eigenvalue weighted by Crippen LogP contribution is 2.56. The lowest BCUT2D eigenvalue weighted by molar-refractivity contribution is 0.194. The van der Waals surface area contributed by atoms with Gasteiger partial charge in [-0.2, -0.15) is 0 Å². The molecule has 0 N–H and O–H groups in total. The van der Waals surface area contributed by atoms with Gasteiger partial charge in [-0.3, -0.25) is 0 Å². The lowest BCUT2D eigenvalue weighted by atomic mass is 9.42. The van der Waals surface area contributed by atoms with Crippen molar-refractivity contribution in [2.24, 2.45) is 5.41 Å². The van der Waals surface area contributed by atoms with Gasteiger partial charge in [-0.25, -0.2) is 0 Å². The molecule has 0 saturated heterocycles. The lowest BCUT2D eigenvalue weighted by Gasteiger charge is -2.49. The summed E-state index contributed by atoms with van der Waals surface area (Å²) in [6, 6.07) is 0. The van der Waals surface area contributed by atoms with E-state index in [-0.39, 0.29) is 0 Å². The van der Waals surface area contributed by atoms with E-state index in [0.717, 1.165) is 0 Å². The maximum atomic E-state index is 2.35. The molecule has 0 aliphatic rings. The molecule has 0 spiro atoms. The van der Waals surface area contributed by atoms with E-state index in [0.29, 0.717) is 16.0 Å². The summed E-state index contributed by atoms with van der Waals surface area (Å²) in [6.45, 7) is 14.0. The van der Waals surface area contributed by atoms with E-state index in [2.05, 4.69) is 57.2 Å². The van der Waals surface area contributed by atoms with Gasteiger partial charge in [0.15, 0.2) is 0 Å². The first-order chi connectivity index (χ1) is 4.50. The van der Waals surface area contributed by atoms with Crippen LogP contribution in [0.15, 0.2) is 0 Å². The number of hydrogen-bond acceptors (Lipinski definition) is 0. The second-order valence-corrected chi connectivity index (χ2v) is 6.12. The Bertz CT molecular complexity index is 119. The van der Waals surface area contributed by atoms with E-state index in [1.807, 2.05) is 0 Å². The van der Waals surface area contributed by atoms with Crippen molar-refractivity contribution in [1.82, 2.24) is 0 Å². The molecule has 0 atom stereocenters. The van der Waals surface area contributed by atoms with E-state index in [4.69, 9.17) is 0 Å². The van der Waals surface area contributed by atoms with Crippen molar-refractivity contribution in [3.63, 3.8) is 0 Å². The molecule has 0 bridgehead atoms. The van der Waals surface area contributed by atoms with Crippen LogP contribution in [0.4, 0.5) is 0 Å². The Hall–Kier alpha value is 0.130. The molecule has 0 aliphatic heterocycles. The van der Waals surface area contributed by atoms with Crippen LogP contribution in [0.25, 0.3) is 0 Å². The minimum absolute atomic E-state index is 0.375. The van der Waals surface area contributed by atoms with Gasteiger partial charge >= 0.3 is 0 Å². The summed E-state index contributed by atoms with van der Waals surface area (Å²) in [4.78, 5) is 0. The summed E-state index contributed by atoms with van der Waals surface area (Å²) in [5, 5.41) is 0.760. The molecule has 0 heterocycles. The van der Waals surface area contributed by atoms with Crippen LogP contribution in [0, 0.1) is 5.41 Å². The highest BCUT2D eigenvalue weighted by molar-refractivity contribution is 6.19. The van der Waals surface area contributed by atoms with Crippen molar-refractivity contribution in [3.05, 3.63) is 0 Å². The van der Waals surface area contributed by atoms with Crippen LogP contribution in [-0.4, -0.2) is 15.7 Å². The van der Waals surface area contributed by atoms with Crippen LogP contribution in [-0.2, 0) is 0 Å². The summed E-state index contributed by atoms with van der Waals surface area (Å²) in [5.41, 5.74) is 0.375. The van der Waals surface area contributed by atoms with E-state index in [1.54, 1.807) is 0 Å². The van der Waals surface area contributed by atoms with Crippen LogP contribution in [0.3, 0.4) is 0 Å². The fraction of sp³-hybridized carbons (Fsp3) is 1.00. The highest BCUT2D eigenvalue weighted by Gasteiger charge is 2.41. The molecule has 64 valence electrons. The van der Waals surface area contributed by atoms with Crippen LogP contribution < -0.4 is 0 Å². The van der Waals surface area contributed by atoms with Crippen molar-refractivity contribution in [2.75, 3.05) is 0 Å². The molecule has 0 rings (SSSR count). The number of rotatable bonds is 2. The van der Waals surface area contributed by atoms with Crippen LogP contribution in [0.5, 0.6) is 0 Å². The molecular weight excluding hydrogens is 130 g/mol. The summed E-state index contributed by atoms with van der Waals surface area (Å²) < 4.78 is 0. The summed E-state index contributed by atoms with van der Waals surface area (Å²) in [6.07, 6.45) is 0. The second kappa shape index (κ2) is 2.57. The Balaban J connectivity index is 4.75. The molecule has 0 radical (unpaired) electrons. The molecule has 0 aromatic heterocycles.